The van der Waals surface area contributed by atoms with Gasteiger partial charge in [0.05, 0.1) is 6.61 Å². The van der Waals surface area contributed by atoms with Crippen LogP contribution < -0.4 is 4.74 Å². The van der Waals surface area contributed by atoms with Crippen molar-refractivity contribution in [2.75, 3.05) is 6.61 Å². The van der Waals surface area contributed by atoms with Crippen molar-refractivity contribution in [3.05, 3.63) is 28.8 Å². The van der Waals surface area contributed by atoms with Crippen molar-refractivity contribution in [2.45, 2.75) is 12.8 Å². The topological polar surface area (TPSA) is 46.5 Å². The molecule has 0 heterocycles. The summed E-state index contributed by atoms with van der Waals surface area (Å²) < 4.78 is 5.32. The van der Waals surface area contributed by atoms with E-state index in [4.69, 9.17) is 27.9 Å². The van der Waals surface area contributed by atoms with Crippen LogP contribution in [0.5, 0.6) is 5.75 Å². The van der Waals surface area contributed by atoms with E-state index >= 15 is 0 Å². The molecule has 0 amide bonds. The highest BCUT2D eigenvalue weighted by Gasteiger charge is 2.11. The second-order valence-electron chi connectivity index (χ2n) is 3.10. The largest absolute Gasteiger partial charge is 0.493 e. The standard InChI is InChI=1S/C12H11ClO3/c1-2-3-4-7-16-11-6-5-9(13)8-10(11)12(14)15/h1,5-6,8H,3-4,7H2,(H,14,15). The molecule has 1 rings (SSSR count). The summed E-state index contributed by atoms with van der Waals surface area (Å²) in [6, 6.07) is 4.49. The lowest BCUT2D eigenvalue weighted by molar-refractivity contribution is 0.0692. The Hall–Kier alpha value is -1.66. The van der Waals surface area contributed by atoms with E-state index in [1.165, 1.54) is 6.07 Å². The molecule has 1 N–H and O–H groups in total. The fraction of sp³-hybridized carbons (Fsp3) is 0.250. The van der Waals surface area contributed by atoms with Gasteiger partial charge >= 0.3 is 5.97 Å². The maximum absolute atomic E-state index is 10.9. The van der Waals surface area contributed by atoms with Gasteiger partial charge in [0.25, 0.3) is 0 Å². The molecule has 4 heteroatoms. The summed E-state index contributed by atoms with van der Waals surface area (Å²) in [6.45, 7) is 0.395. The third kappa shape index (κ3) is 3.48. The zero-order valence-electron chi connectivity index (χ0n) is 8.57. The molecular formula is C12H11ClO3. The molecule has 0 aliphatic rings. The Balaban J connectivity index is 2.72. The zero-order chi connectivity index (χ0) is 12.0. The molecule has 0 radical (unpaired) electrons. The van der Waals surface area contributed by atoms with Crippen LogP contribution in [-0.2, 0) is 0 Å². The Morgan fingerprint density at radius 2 is 2.31 bits per heavy atom. The van der Waals surface area contributed by atoms with E-state index in [0.29, 0.717) is 30.2 Å². The van der Waals surface area contributed by atoms with Gasteiger partial charge in [-0.1, -0.05) is 11.6 Å². The summed E-state index contributed by atoms with van der Waals surface area (Å²) in [7, 11) is 0. The smallest absolute Gasteiger partial charge is 0.339 e. The van der Waals surface area contributed by atoms with E-state index in [9.17, 15) is 4.79 Å². The molecule has 3 nitrogen and oxygen atoms in total. The highest BCUT2D eigenvalue weighted by atomic mass is 35.5. The van der Waals surface area contributed by atoms with Gasteiger partial charge in [-0.15, -0.1) is 12.3 Å². The van der Waals surface area contributed by atoms with Crippen LogP contribution in [0.3, 0.4) is 0 Å². The molecule has 0 atom stereocenters. The van der Waals surface area contributed by atoms with Crippen molar-refractivity contribution < 1.29 is 14.6 Å². The van der Waals surface area contributed by atoms with Crippen molar-refractivity contribution in [3.63, 3.8) is 0 Å². The molecule has 0 aliphatic heterocycles. The second kappa shape index (κ2) is 6.04. The molecule has 0 aromatic heterocycles. The molecule has 0 aliphatic carbocycles. The number of halogens is 1. The van der Waals surface area contributed by atoms with Gasteiger partial charge in [0.2, 0.25) is 0 Å². The quantitative estimate of drug-likeness (QED) is 0.634. The number of ether oxygens (including phenoxy) is 1. The maximum atomic E-state index is 10.9. The predicted octanol–water partition coefficient (Wildman–Crippen LogP) is 2.83. The average molecular weight is 239 g/mol. The van der Waals surface area contributed by atoms with Gasteiger partial charge in [0.15, 0.2) is 0 Å². The lowest BCUT2D eigenvalue weighted by atomic mass is 10.2. The summed E-state index contributed by atoms with van der Waals surface area (Å²) in [5.41, 5.74) is 0.0632. The highest BCUT2D eigenvalue weighted by Crippen LogP contribution is 2.23. The number of rotatable bonds is 5. The number of terminal acetylenes is 1. The molecule has 0 unspecified atom stereocenters. The summed E-state index contributed by atoms with van der Waals surface area (Å²) in [5, 5.41) is 9.29. The predicted molar refractivity (Wildman–Crippen MR) is 62.0 cm³/mol. The molecular weight excluding hydrogens is 228 g/mol. The fourth-order valence-corrected chi connectivity index (χ4v) is 1.32. The fourth-order valence-electron chi connectivity index (χ4n) is 1.15. The summed E-state index contributed by atoms with van der Waals surface area (Å²) in [5.74, 6) is 1.74. The van der Waals surface area contributed by atoms with Crippen LogP contribution in [0.2, 0.25) is 5.02 Å². The van der Waals surface area contributed by atoms with Crippen molar-refractivity contribution in [1.29, 1.82) is 0 Å². The molecule has 1 aromatic rings. The first-order valence-electron chi connectivity index (χ1n) is 4.74. The van der Waals surface area contributed by atoms with Crippen molar-refractivity contribution in [3.8, 4) is 18.1 Å². The van der Waals surface area contributed by atoms with Crippen LogP contribution in [0.15, 0.2) is 18.2 Å². The van der Waals surface area contributed by atoms with Crippen LogP contribution in [0.4, 0.5) is 0 Å². The number of hydrogen-bond acceptors (Lipinski definition) is 2. The molecule has 0 bridgehead atoms. The van der Waals surface area contributed by atoms with Gasteiger partial charge in [-0.25, -0.2) is 4.79 Å². The van der Waals surface area contributed by atoms with E-state index in [2.05, 4.69) is 5.92 Å². The number of benzene rings is 1. The van der Waals surface area contributed by atoms with Crippen molar-refractivity contribution in [1.82, 2.24) is 0 Å². The molecule has 16 heavy (non-hydrogen) atoms. The Kier molecular flexibility index (Phi) is 4.68. The first-order valence-corrected chi connectivity index (χ1v) is 5.12. The number of carboxylic acid groups (broad SMARTS) is 1. The number of aromatic carboxylic acids is 1. The molecule has 0 saturated heterocycles. The minimum absolute atomic E-state index is 0.0632. The highest BCUT2D eigenvalue weighted by molar-refractivity contribution is 6.31. The molecule has 1 aromatic carbocycles. The maximum Gasteiger partial charge on any atom is 0.339 e. The van der Waals surface area contributed by atoms with Gasteiger partial charge in [0.1, 0.15) is 11.3 Å². The monoisotopic (exact) mass is 238 g/mol. The zero-order valence-corrected chi connectivity index (χ0v) is 9.33. The molecule has 84 valence electrons. The minimum atomic E-state index is -1.06. The van der Waals surface area contributed by atoms with Gasteiger partial charge in [0, 0.05) is 11.4 Å². The number of carbonyl (C=O) groups is 1. The van der Waals surface area contributed by atoms with E-state index < -0.39 is 5.97 Å². The third-order valence-corrected chi connectivity index (χ3v) is 2.13. The van der Waals surface area contributed by atoms with Crippen LogP contribution in [0.25, 0.3) is 0 Å². The average Bonchev–Trinajstić information content (AvgIpc) is 2.26. The Bertz CT molecular complexity index is 421. The van der Waals surface area contributed by atoms with E-state index in [1.807, 2.05) is 0 Å². The second-order valence-corrected chi connectivity index (χ2v) is 3.54. The Morgan fingerprint density at radius 1 is 1.56 bits per heavy atom. The van der Waals surface area contributed by atoms with Gasteiger partial charge in [-0.3, -0.25) is 0 Å². The third-order valence-electron chi connectivity index (χ3n) is 1.90. The SMILES string of the molecule is C#CCCCOc1ccc(Cl)cc1C(=O)O. The number of carboxylic acids is 1. The summed E-state index contributed by atoms with van der Waals surface area (Å²) in [4.78, 5) is 10.9. The summed E-state index contributed by atoms with van der Waals surface area (Å²) in [6.07, 6.45) is 6.39. The Morgan fingerprint density at radius 3 is 2.94 bits per heavy atom. The van der Waals surface area contributed by atoms with E-state index in [1.54, 1.807) is 12.1 Å². The normalized spacial score (nSPS) is 9.50. The first-order chi connectivity index (χ1) is 7.65. The molecule has 0 fully saturated rings. The van der Waals surface area contributed by atoms with Crippen LogP contribution >= 0.6 is 11.6 Å². The minimum Gasteiger partial charge on any atom is -0.493 e. The lowest BCUT2D eigenvalue weighted by Crippen LogP contribution is -2.04. The van der Waals surface area contributed by atoms with Gasteiger partial charge < -0.3 is 9.84 Å². The number of unbranched alkanes of at least 4 members (excludes halogenated alkanes) is 1. The van der Waals surface area contributed by atoms with Crippen molar-refractivity contribution in [2.24, 2.45) is 0 Å². The summed E-state index contributed by atoms with van der Waals surface area (Å²) >= 11 is 5.70. The van der Waals surface area contributed by atoms with Gasteiger partial charge in [-0.05, 0) is 24.6 Å². The van der Waals surface area contributed by atoms with E-state index in [-0.39, 0.29) is 5.56 Å². The van der Waals surface area contributed by atoms with Crippen LogP contribution in [0.1, 0.15) is 23.2 Å². The van der Waals surface area contributed by atoms with Crippen LogP contribution in [0, 0.1) is 12.3 Å². The Labute approximate surface area is 99.0 Å². The molecule has 0 saturated carbocycles. The number of hydrogen-bond donors (Lipinski definition) is 1. The van der Waals surface area contributed by atoms with Crippen molar-refractivity contribution >= 4 is 17.6 Å². The first kappa shape index (κ1) is 12.4. The molecule has 0 spiro atoms. The lowest BCUT2D eigenvalue weighted by Gasteiger charge is -2.08. The van der Waals surface area contributed by atoms with Gasteiger partial charge in [-0.2, -0.15) is 0 Å². The van der Waals surface area contributed by atoms with E-state index in [0.717, 1.165) is 0 Å². The van der Waals surface area contributed by atoms with Crippen LogP contribution in [-0.4, -0.2) is 17.7 Å².